The lowest BCUT2D eigenvalue weighted by molar-refractivity contribution is 0.838. The fourth-order valence-electron chi connectivity index (χ4n) is 0.567. The zero-order valence-electron chi connectivity index (χ0n) is 5.10. The average Bonchev–Trinajstić information content (AvgIpc) is 2.14. The monoisotopic (exact) mass is 205 g/mol. The second-order valence-electron chi connectivity index (χ2n) is 1.96. The van der Waals surface area contributed by atoms with E-state index < -0.39 is 0 Å². The Labute approximate surface area is 67.0 Å². The standard InChI is InChI=1S/C6H8BrNS/c1-4(8)6-2-5(7)3-9-6/h2-4H,8H2,1H3. The lowest BCUT2D eigenvalue weighted by atomic mass is 10.3. The molecule has 0 aliphatic rings. The highest BCUT2D eigenvalue weighted by Crippen LogP contribution is 2.23. The van der Waals surface area contributed by atoms with Crippen LogP contribution in [0.3, 0.4) is 0 Å². The highest BCUT2D eigenvalue weighted by molar-refractivity contribution is 9.10. The molecular formula is C6H8BrNS. The predicted molar refractivity (Wildman–Crippen MR) is 44.6 cm³/mol. The molecule has 50 valence electrons. The third kappa shape index (κ3) is 1.78. The molecule has 0 fully saturated rings. The van der Waals surface area contributed by atoms with Crippen LogP contribution in [0.4, 0.5) is 0 Å². The molecular weight excluding hydrogens is 198 g/mol. The zero-order valence-corrected chi connectivity index (χ0v) is 7.50. The molecule has 0 saturated carbocycles. The molecule has 1 atom stereocenters. The van der Waals surface area contributed by atoms with Gasteiger partial charge in [0.1, 0.15) is 0 Å². The largest absolute Gasteiger partial charge is 0.324 e. The molecule has 1 aromatic rings. The Morgan fingerprint density at radius 1 is 1.78 bits per heavy atom. The Balaban J connectivity index is 2.85. The minimum absolute atomic E-state index is 0.168. The van der Waals surface area contributed by atoms with Gasteiger partial charge in [0.05, 0.1) is 0 Å². The van der Waals surface area contributed by atoms with Gasteiger partial charge in [0.15, 0.2) is 0 Å². The maximum atomic E-state index is 5.62. The molecule has 1 unspecified atom stereocenters. The second kappa shape index (κ2) is 2.82. The summed E-state index contributed by atoms with van der Waals surface area (Å²) in [6.45, 7) is 1.98. The smallest absolute Gasteiger partial charge is 0.0361 e. The van der Waals surface area contributed by atoms with Crippen LogP contribution in [0.1, 0.15) is 17.8 Å². The SMILES string of the molecule is CC(N)c1cc(Br)cs1. The molecule has 1 aromatic heterocycles. The van der Waals surface area contributed by atoms with Crippen molar-refractivity contribution >= 4 is 27.3 Å². The van der Waals surface area contributed by atoms with Crippen molar-refractivity contribution in [2.45, 2.75) is 13.0 Å². The van der Waals surface area contributed by atoms with Gasteiger partial charge in [-0.15, -0.1) is 11.3 Å². The molecule has 3 heteroatoms. The quantitative estimate of drug-likeness (QED) is 0.750. The summed E-state index contributed by atoms with van der Waals surface area (Å²) in [6.07, 6.45) is 0. The maximum absolute atomic E-state index is 5.62. The van der Waals surface area contributed by atoms with Crippen LogP contribution in [-0.4, -0.2) is 0 Å². The van der Waals surface area contributed by atoms with E-state index in [1.807, 2.05) is 12.3 Å². The number of hydrogen-bond acceptors (Lipinski definition) is 2. The number of nitrogens with two attached hydrogens (primary N) is 1. The van der Waals surface area contributed by atoms with Gasteiger partial charge in [0, 0.05) is 20.8 Å². The van der Waals surface area contributed by atoms with Gasteiger partial charge >= 0.3 is 0 Å². The number of hydrogen-bond donors (Lipinski definition) is 1. The summed E-state index contributed by atoms with van der Waals surface area (Å²) in [5.74, 6) is 0. The van der Waals surface area contributed by atoms with Gasteiger partial charge in [-0.05, 0) is 28.9 Å². The first-order valence-electron chi connectivity index (χ1n) is 2.69. The second-order valence-corrected chi connectivity index (χ2v) is 3.81. The number of rotatable bonds is 1. The fraction of sp³-hybridized carbons (Fsp3) is 0.333. The normalized spacial score (nSPS) is 13.7. The summed E-state index contributed by atoms with van der Waals surface area (Å²) in [5.41, 5.74) is 5.62. The van der Waals surface area contributed by atoms with E-state index in [0.29, 0.717) is 0 Å². The van der Waals surface area contributed by atoms with E-state index in [9.17, 15) is 0 Å². The van der Waals surface area contributed by atoms with E-state index in [1.165, 1.54) is 4.88 Å². The minimum atomic E-state index is 0.168. The van der Waals surface area contributed by atoms with Gasteiger partial charge in [0.25, 0.3) is 0 Å². The van der Waals surface area contributed by atoms with E-state index in [2.05, 4.69) is 22.0 Å². The van der Waals surface area contributed by atoms with Gasteiger partial charge in [-0.2, -0.15) is 0 Å². The molecule has 9 heavy (non-hydrogen) atoms. The molecule has 0 saturated heterocycles. The van der Waals surface area contributed by atoms with Crippen molar-refractivity contribution in [3.8, 4) is 0 Å². The summed E-state index contributed by atoms with van der Waals surface area (Å²) in [5, 5.41) is 2.04. The fourth-order valence-corrected chi connectivity index (χ4v) is 1.97. The molecule has 0 aliphatic heterocycles. The summed E-state index contributed by atoms with van der Waals surface area (Å²) < 4.78 is 1.12. The summed E-state index contributed by atoms with van der Waals surface area (Å²) in [4.78, 5) is 1.22. The van der Waals surface area contributed by atoms with E-state index in [0.717, 1.165) is 4.47 Å². The molecule has 0 radical (unpaired) electrons. The third-order valence-electron chi connectivity index (χ3n) is 1.04. The molecule has 0 aliphatic carbocycles. The van der Waals surface area contributed by atoms with E-state index in [1.54, 1.807) is 11.3 Å². The lowest BCUT2D eigenvalue weighted by Gasteiger charge is -1.96. The summed E-state index contributed by atoms with van der Waals surface area (Å²) >= 11 is 5.04. The lowest BCUT2D eigenvalue weighted by Crippen LogP contribution is -2.01. The molecule has 1 heterocycles. The van der Waals surface area contributed by atoms with Gasteiger partial charge in [0.2, 0.25) is 0 Å². The van der Waals surface area contributed by atoms with Crippen LogP contribution in [-0.2, 0) is 0 Å². The van der Waals surface area contributed by atoms with Crippen molar-refractivity contribution in [3.63, 3.8) is 0 Å². The van der Waals surface area contributed by atoms with Crippen LogP contribution in [0.2, 0.25) is 0 Å². The Morgan fingerprint density at radius 3 is 2.67 bits per heavy atom. The van der Waals surface area contributed by atoms with Crippen molar-refractivity contribution in [1.29, 1.82) is 0 Å². The molecule has 0 spiro atoms. The Kier molecular flexibility index (Phi) is 2.27. The van der Waals surface area contributed by atoms with Crippen LogP contribution in [0, 0.1) is 0 Å². The zero-order chi connectivity index (χ0) is 6.85. The minimum Gasteiger partial charge on any atom is -0.324 e. The molecule has 0 amide bonds. The molecule has 1 nitrogen and oxygen atoms in total. The topological polar surface area (TPSA) is 26.0 Å². The highest BCUT2D eigenvalue weighted by Gasteiger charge is 2.00. The summed E-state index contributed by atoms with van der Waals surface area (Å²) in [7, 11) is 0. The van der Waals surface area contributed by atoms with Crippen LogP contribution in [0.15, 0.2) is 15.9 Å². The number of thiophene rings is 1. The van der Waals surface area contributed by atoms with Gasteiger partial charge in [-0.3, -0.25) is 0 Å². The Morgan fingerprint density at radius 2 is 2.44 bits per heavy atom. The third-order valence-corrected chi connectivity index (χ3v) is 2.93. The molecule has 0 bridgehead atoms. The van der Waals surface area contributed by atoms with E-state index in [4.69, 9.17) is 5.73 Å². The van der Waals surface area contributed by atoms with Gasteiger partial charge < -0.3 is 5.73 Å². The van der Waals surface area contributed by atoms with Crippen molar-refractivity contribution in [1.82, 2.24) is 0 Å². The number of halogens is 1. The van der Waals surface area contributed by atoms with E-state index in [-0.39, 0.29) is 6.04 Å². The maximum Gasteiger partial charge on any atom is 0.0361 e. The van der Waals surface area contributed by atoms with Crippen LogP contribution in [0.5, 0.6) is 0 Å². The molecule has 0 aromatic carbocycles. The first kappa shape index (κ1) is 7.25. The van der Waals surface area contributed by atoms with Crippen LogP contribution in [0.25, 0.3) is 0 Å². The Bertz CT molecular complexity index is 195. The van der Waals surface area contributed by atoms with E-state index >= 15 is 0 Å². The highest BCUT2D eigenvalue weighted by atomic mass is 79.9. The predicted octanol–water partition coefficient (Wildman–Crippen LogP) is 2.53. The Hall–Kier alpha value is 0.140. The average molecular weight is 206 g/mol. The summed E-state index contributed by atoms with van der Waals surface area (Å²) in [6, 6.07) is 2.22. The first-order valence-corrected chi connectivity index (χ1v) is 4.37. The van der Waals surface area contributed by atoms with Crippen LogP contribution < -0.4 is 5.73 Å². The first-order chi connectivity index (χ1) is 4.20. The van der Waals surface area contributed by atoms with Gasteiger partial charge in [-0.1, -0.05) is 0 Å². The van der Waals surface area contributed by atoms with Crippen molar-refractivity contribution in [2.75, 3.05) is 0 Å². The van der Waals surface area contributed by atoms with Crippen molar-refractivity contribution in [3.05, 3.63) is 20.8 Å². The van der Waals surface area contributed by atoms with Crippen molar-refractivity contribution < 1.29 is 0 Å². The van der Waals surface area contributed by atoms with Crippen LogP contribution >= 0.6 is 27.3 Å². The molecule has 2 N–H and O–H groups in total. The van der Waals surface area contributed by atoms with Crippen molar-refractivity contribution in [2.24, 2.45) is 5.73 Å². The molecule has 1 rings (SSSR count). The van der Waals surface area contributed by atoms with Gasteiger partial charge in [-0.25, -0.2) is 0 Å².